The summed E-state index contributed by atoms with van der Waals surface area (Å²) in [5.41, 5.74) is 1.79. The number of amidine groups is 1. The summed E-state index contributed by atoms with van der Waals surface area (Å²) in [6, 6.07) is 12.7. The largest absolute Gasteiger partial charge is 0.465 e. The zero-order chi connectivity index (χ0) is 24.0. The molecule has 1 aliphatic heterocycles. The average Bonchev–Trinajstić information content (AvgIpc) is 2.82. The van der Waals surface area contributed by atoms with E-state index in [0.717, 1.165) is 0 Å². The standard InChI is InChI=1S/C23H23N3O6S/c1-4-32-22(30)15-7-11-17(12-8-15)25-23-26(2)19(27)13-18(33-23)20(28)24-16-9-5-14(6-10-16)21(29)31-3/h5-12,18H,4,13H2,1-3H3,(H,24,28). The number of anilines is 1. The predicted octanol–water partition coefficient (Wildman–Crippen LogP) is 3.24. The van der Waals surface area contributed by atoms with Crippen LogP contribution in [0.5, 0.6) is 0 Å². The number of hydrogen-bond donors (Lipinski definition) is 1. The van der Waals surface area contributed by atoms with Gasteiger partial charge in [0, 0.05) is 19.2 Å². The SMILES string of the molecule is CCOC(=O)c1ccc(N=C2SC(C(=O)Nc3ccc(C(=O)OC)cc3)CC(=O)N2C)cc1. The minimum atomic E-state index is -0.675. The predicted molar refractivity (Wildman–Crippen MR) is 125 cm³/mol. The Kier molecular flexibility index (Phi) is 7.83. The van der Waals surface area contributed by atoms with Gasteiger partial charge in [-0.1, -0.05) is 11.8 Å². The van der Waals surface area contributed by atoms with Crippen LogP contribution < -0.4 is 5.32 Å². The summed E-state index contributed by atoms with van der Waals surface area (Å²) in [5, 5.41) is 2.46. The van der Waals surface area contributed by atoms with Crippen LogP contribution in [0.3, 0.4) is 0 Å². The second-order valence-electron chi connectivity index (χ2n) is 6.98. The summed E-state index contributed by atoms with van der Waals surface area (Å²) in [7, 11) is 2.89. The highest BCUT2D eigenvalue weighted by Crippen LogP contribution is 2.29. The highest BCUT2D eigenvalue weighted by molar-refractivity contribution is 8.15. The van der Waals surface area contributed by atoms with E-state index in [0.29, 0.717) is 27.7 Å². The first-order valence-corrected chi connectivity index (χ1v) is 11.0. The third-order valence-corrected chi connectivity index (χ3v) is 5.98. The topological polar surface area (TPSA) is 114 Å². The molecule has 1 atom stereocenters. The number of thioether (sulfide) groups is 1. The van der Waals surface area contributed by atoms with Crippen LogP contribution in [0.1, 0.15) is 34.1 Å². The maximum Gasteiger partial charge on any atom is 0.338 e. The molecule has 0 aliphatic carbocycles. The van der Waals surface area contributed by atoms with E-state index in [9.17, 15) is 19.2 Å². The molecule has 2 amide bonds. The van der Waals surface area contributed by atoms with Gasteiger partial charge in [-0.15, -0.1) is 0 Å². The van der Waals surface area contributed by atoms with Crippen molar-refractivity contribution in [3.63, 3.8) is 0 Å². The Morgan fingerprint density at radius 1 is 1.06 bits per heavy atom. The number of esters is 2. The van der Waals surface area contributed by atoms with E-state index >= 15 is 0 Å². The molecule has 0 saturated carbocycles. The second-order valence-corrected chi connectivity index (χ2v) is 8.15. The van der Waals surface area contributed by atoms with Gasteiger partial charge in [0.05, 0.1) is 30.5 Å². The van der Waals surface area contributed by atoms with Gasteiger partial charge in [0.1, 0.15) is 5.25 Å². The Morgan fingerprint density at radius 3 is 2.27 bits per heavy atom. The molecular weight excluding hydrogens is 446 g/mol. The summed E-state index contributed by atoms with van der Waals surface area (Å²) in [6.07, 6.45) is 0.0219. The second kappa shape index (κ2) is 10.8. The third-order valence-electron chi connectivity index (χ3n) is 4.74. The van der Waals surface area contributed by atoms with Crippen molar-refractivity contribution in [1.82, 2.24) is 4.90 Å². The Labute approximate surface area is 195 Å². The van der Waals surface area contributed by atoms with Gasteiger partial charge in [0.15, 0.2) is 5.17 Å². The van der Waals surface area contributed by atoms with Crippen LogP contribution >= 0.6 is 11.8 Å². The fourth-order valence-electron chi connectivity index (χ4n) is 2.92. The van der Waals surface area contributed by atoms with Crippen LogP contribution in [0.15, 0.2) is 53.5 Å². The van der Waals surface area contributed by atoms with E-state index in [1.165, 1.54) is 23.8 Å². The zero-order valence-electron chi connectivity index (χ0n) is 18.4. The molecule has 10 heteroatoms. The molecule has 3 rings (SSSR count). The van der Waals surface area contributed by atoms with Gasteiger partial charge in [-0.25, -0.2) is 14.6 Å². The molecule has 1 saturated heterocycles. The van der Waals surface area contributed by atoms with Crippen LogP contribution in [-0.4, -0.2) is 59.8 Å². The fourth-order valence-corrected chi connectivity index (χ4v) is 3.99. The molecule has 1 N–H and O–H groups in total. The molecule has 0 spiro atoms. The summed E-state index contributed by atoms with van der Waals surface area (Å²) in [6.45, 7) is 2.01. The summed E-state index contributed by atoms with van der Waals surface area (Å²) in [4.78, 5) is 54.5. The lowest BCUT2D eigenvalue weighted by Crippen LogP contribution is -2.43. The molecule has 1 fully saturated rings. The first kappa shape index (κ1) is 24.0. The number of ether oxygens (including phenoxy) is 2. The number of rotatable bonds is 6. The molecular formula is C23H23N3O6S. The molecule has 33 heavy (non-hydrogen) atoms. The van der Waals surface area contributed by atoms with Crippen molar-refractivity contribution in [2.75, 3.05) is 26.1 Å². The van der Waals surface area contributed by atoms with Crippen LogP contribution in [0.4, 0.5) is 11.4 Å². The average molecular weight is 470 g/mol. The Bertz CT molecular complexity index is 1080. The van der Waals surface area contributed by atoms with Crippen LogP contribution in [0.25, 0.3) is 0 Å². The van der Waals surface area contributed by atoms with E-state index in [2.05, 4.69) is 15.0 Å². The number of hydrogen-bond acceptors (Lipinski definition) is 8. The lowest BCUT2D eigenvalue weighted by atomic mass is 10.2. The Hall–Kier alpha value is -3.66. The highest BCUT2D eigenvalue weighted by Gasteiger charge is 2.34. The number of nitrogens with one attached hydrogen (secondary N) is 1. The van der Waals surface area contributed by atoms with E-state index in [-0.39, 0.29) is 24.8 Å². The number of carbonyl (C=O) groups excluding carboxylic acids is 4. The first-order chi connectivity index (χ1) is 15.8. The molecule has 2 aromatic rings. The monoisotopic (exact) mass is 469 g/mol. The molecule has 9 nitrogen and oxygen atoms in total. The van der Waals surface area contributed by atoms with E-state index < -0.39 is 17.2 Å². The van der Waals surface area contributed by atoms with Gasteiger partial charge in [-0.2, -0.15) is 0 Å². The van der Waals surface area contributed by atoms with Gasteiger partial charge in [0.2, 0.25) is 11.8 Å². The number of amides is 2. The Morgan fingerprint density at radius 2 is 1.67 bits per heavy atom. The van der Waals surface area contributed by atoms with Gasteiger partial charge in [0.25, 0.3) is 0 Å². The Balaban J connectivity index is 1.71. The maximum atomic E-state index is 12.8. The smallest absolute Gasteiger partial charge is 0.338 e. The van der Waals surface area contributed by atoms with Crippen LogP contribution in [0, 0.1) is 0 Å². The van der Waals surface area contributed by atoms with Gasteiger partial charge < -0.3 is 14.8 Å². The number of aliphatic imine (C=N–C) groups is 1. The lowest BCUT2D eigenvalue weighted by molar-refractivity contribution is -0.128. The van der Waals surface area contributed by atoms with Crippen molar-refractivity contribution >= 4 is 52.1 Å². The molecule has 172 valence electrons. The fraction of sp³-hybridized carbons (Fsp3) is 0.261. The van der Waals surface area contributed by atoms with Gasteiger partial charge in [-0.05, 0) is 55.5 Å². The number of nitrogens with zero attached hydrogens (tertiary/aromatic N) is 2. The molecule has 0 aromatic heterocycles. The number of benzene rings is 2. The maximum absolute atomic E-state index is 12.8. The molecule has 1 heterocycles. The van der Waals surface area contributed by atoms with E-state index in [4.69, 9.17) is 4.74 Å². The van der Waals surface area contributed by atoms with Crippen molar-refractivity contribution in [3.8, 4) is 0 Å². The zero-order valence-corrected chi connectivity index (χ0v) is 19.2. The van der Waals surface area contributed by atoms with E-state index in [1.54, 1.807) is 62.5 Å². The van der Waals surface area contributed by atoms with Crippen LogP contribution in [-0.2, 0) is 19.1 Å². The van der Waals surface area contributed by atoms with Crippen molar-refractivity contribution in [3.05, 3.63) is 59.7 Å². The molecule has 1 unspecified atom stereocenters. The summed E-state index contributed by atoms with van der Waals surface area (Å²) < 4.78 is 9.62. The highest BCUT2D eigenvalue weighted by atomic mass is 32.2. The van der Waals surface area contributed by atoms with Gasteiger partial charge >= 0.3 is 11.9 Å². The normalized spacial score (nSPS) is 16.9. The minimum Gasteiger partial charge on any atom is -0.465 e. The molecule has 0 bridgehead atoms. The number of methoxy groups -OCH3 is 1. The quantitative estimate of drug-likeness (QED) is 0.646. The van der Waals surface area contributed by atoms with Crippen molar-refractivity contribution in [2.45, 2.75) is 18.6 Å². The summed E-state index contributed by atoms with van der Waals surface area (Å²) >= 11 is 1.17. The first-order valence-electron chi connectivity index (χ1n) is 10.1. The van der Waals surface area contributed by atoms with Crippen molar-refractivity contribution < 1.29 is 28.7 Å². The molecule has 2 aromatic carbocycles. The van der Waals surface area contributed by atoms with Crippen molar-refractivity contribution in [2.24, 2.45) is 4.99 Å². The summed E-state index contributed by atoms with van der Waals surface area (Å²) in [5.74, 6) is -1.48. The minimum absolute atomic E-state index is 0.0219. The number of carbonyl (C=O) groups is 4. The third kappa shape index (κ3) is 5.98. The lowest BCUT2D eigenvalue weighted by Gasteiger charge is -2.28. The van der Waals surface area contributed by atoms with Gasteiger partial charge in [-0.3, -0.25) is 14.5 Å². The van der Waals surface area contributed by atoms with Crippen LogP contribution in [0.2, 0.25) is 0 Å². The van der Waals surface area contributed by atoms with Crippen molar-refractivity contribution in [1.29, 1.82) is 0 Å². The molecule has 0 radical (unpaired) electrons. The molecule has 1 aliphatic rings. The van der Waals surface area contributed by atoms with E-state index in [1.807, 2.05) is 0 Å².